The maximum atomic E-state index is 6.00. The van der Waals surface area contributed by atoms with E-state index >= 15 is 0 Å². The van der Waals surface area contributed by atoms with Crippen LogP contribution >= 0.6 is 0 Å². The molecule has 0 radical (unpaired) electrons. The van der Waals surface area contributed by atoms with Crippen molar-refractivity contribution in [1.82, 2.24) is 4.90 Å². The number of rotatable bonds is 7. The predicted molar refractivity (Wildman–Crippen MR) is 77.7 cm³/mol. The lowest BCUT2D eigenvalue weighted by molar-refractivity contribution is -0.00265. The van der Waals surface area contributed by atoms with Crippen molar-refractivity contribution < 1.29 is 4.74 Å². The molecule has 108 valence electrons. The highest BCUT2D eigenvalue weighted by Crippen LogP contribution is 2.23. The Morgan fingerprint density at radius 3 is 2.28 bits per heavy atom. The van der Waals surface area contributed by atoms with Crippen molar-refractivity contribution in [1.29, 1.82) is 0 Å². The molecular weight excluding hydrogens is 224 g/mol. The molecule has 0 aromatic rings. The van der Waals surface area contributed by atoms with Gasteiger partial charge in [-0.1, -0.05) is 20.8 Å². The molecule has 3 nitrogen and oxygen atoms in total. The summed E-state index contributed by atoms with van der Waals surface area (Å²) in [5.74, 6) is 1.45. The molecule has 0 spiro atoms. The molecule has 1 aliphatic heterocycles. The minimum absolute atomic E-state index is 0.477. The SMILES string of the molecule is CCOC1CCN(C(CN)C(C)CC(C)C)CC1. The Balaban J connectivity index is 2.42. The third-order valence-corrected chi connectivity index (χ3v) is 4.09. The zero-order valence-corrected chi connectivity index (χ0v) is 12.7. The molecule has 1 fully saturated rings. The summed E-state index contributed by atoms with van der Waals surface area (Å²) in [5.41, 5.74) is 6.00. The summed E-state index contributed by atoms with van der Waals surface area (Å²) >= 11 is 0. The van der Waals surface area contributed by atoms with Gasteiger partial charge in [0.2, 0.25) is 0 Å². The van der Waals surface area contributed by atoms with E-state index in [2.05, 4.69) is 32.6 Å². The van der Waals surface area contributed by atoms with Crippen molar-refractivity contribution in [2.24, 2.45) is 17.6 Å². The van der Waals surface area contributed by atoms with Crippen LogP contribution in [-0.2, 0) is 4.74 Å². The first kappa shape index (κ1) is 15.9. The smallest absolute Gasteiger partial charge is 0.0599 e. The van der Waals surface area contributed by atoms with Crippen LogP contribution in [0.5, 0.6) is 0 Å². The average Bonchev–Trinajstić information content (AvgIpc) is 2.31. The van der Waals surface area contributed by atoms with Crippen LogP contribution in [0.15, 0.2) is 0 Å². The van der Waals surface area contributed by atoms with Crippen molar-refractivity contribution in [3.63, 3.8) is 0 Å². The number of hydrogen-bond donors (Lipinski definition) is 1. The van der Waals surface area contributed by atoms with Crippen molar-refractivity contribution in [2.75, 3.05) is 26.2 Å². The Morgan fingerprint density at radius 2 is 1.83 bits per heavy atom. The van der Waals surface area contributed by atoms with Crippen molar-refractivity contribution >= 4 is 0 Å². The van der Waals surface area contributed by atoms with Gasteiger partial charge in [0.25, 0.3) is 0 Å². The monoisotopic (exact) mass is 256 g/mol. The summed E-state index contributed by atoms with van der Waals surface area (Å²) in [7, 11) is 0. The van der Waals surface area contributed by atoms with Gasteiger partial charge >= 0.3 is 0 Å². The van der Waals surface area contributed by atoms with Gasteiger partial charge in [0, 0.05) is 32.3 Å². The largest absolute Gasteiger partial charge is 0.378 e. The fourth-order valence-electron chi connectivity index (χ4n) is 3.25. The summed E-state index contributed by atoms with van der Waals surface area (Å²) in [6.45, 7) is 13.0. The molecule has 0 aliphatic carbocycles. The maximum absolute atomic E-state index is 6.00. The van der Waals surface area contributed by atoms with Gasteiger partial charge in [0.15, 0.2) is 0 Å². The van der Waals surface area contributed by atoms with Crippen LogP contribution in [0.2, 0.25) is 0 Å². The summed E-state index contributed by atoms with van der Waals surface area (Å²) in [5, 5.41) is 0. The first-order valence-electron chi connectivity index (χ1n) is 7.64. The third-order valence-electron chi connectivity index (χ3n) is 4.09. The van der Waals surface area contributed by atoms with Crippen molar-refractivity contribution in [3.05, 3.63) is 0 Å². The molecule has 2 N–H and O–H groups in total. The van der Waals surface area contributed by atoms with Gasteiger partial charge in [-0.2, -0.15) is 0 Å². The minimum atomic E-state index is 0.477. The molecular formula is C15H32N2O. The number of piperidine rings is 1. The first-order chi connectivity index (χ1) is 8.58. The molecule has 0 amide bonds. The van der Waals surface area contributed by atoms with Gasteiger partial charge in [0.1, 0.15) is 0 Å². The number of likely N-dealkylation sites (tertiary alicyclic amines) is 1. The molecule has 0 aromatic heterocycles. The predicted octanol–water partition coefficient (Wildman–Crippen LogP) is 2.50. The number of ether oxygens (including phenoxy) is 1. The zero-order valence-electron chi connectivity index (χ0n) is 12.7. The van der Waals surface area contributed by atoms with E-state index < -0.39 is 0 Å². The second-order valence-electron chi connectivity index (χ2n) is 6.10. The van der Waals surface area contributed by atoms with E-state index in [1.54, 1.807) is 0 Å². The molecule has 1 aliphatic rings. The molecule has 1 saturated heterocycles. The van der Waals surface area contributed by atoms with Gasteiger partial charge < -0.3 is 10.5 Å². The molecule has 0 saturated carbocycles. The molecule has 0 aromatic carbocycles. The number of nitrogens with two attached hydrogens (primary N) is 1. The summed E-state index contributed by atoms with van der Waals surface area (Å²) in [6, 6.07) is 0.551. The van der Waals surface area contributed by atoms with Crippen LogP contribution in [0.3, 0.4) is 0 Å². The van der Waals surface area contributed by atoms with Crippen LogP contribution in [0.25, 0.3) is 0 Å². The molecule has 1 heterocycles. The molecule has 2 atom stereocenters. The van der Waals surface area contributed by atoms with E-state index in [-0.39, 0.29) is 0 Å². The Labute approximate surface area is 113 Å². The number of nitrogens with zero attached hydrogens (tertiary/aromatic N) is 1. The lowest BCUT2D eigenvalue weighted by atomic mass is 9.90. The fraction of sp³-hybridized carbons (Fsp3) is 1.00. The molecule has 1 rings (SSSR count). The van der Waals surface area contributed by atoms with E-state index in [1.165, 1.54) is 19.3 Å². The summed E-state index contributed by atoms with van der Waals surface area (Å²) in [6.07, 6.45) is 4.08. The van der Waals surface area contributed by atoms with E-state index in [4.69, 9.17) is 10.5 Å². The quantitative estimate of drug-likeness (QED) is 0.760. The second kappa shape index (κ2) is 8.13. The standard InChI is InChI=1S/C15H32N2O/c1-5-18-14-6-8-17(9-7-14)15(11-16)13(4)10-12(2)3/h12-15H,5-11,16H2,1-4H3. The van der Waals surface area contributed by atoms with Crippen molar-refractivity contribution in [2.45, 2.75) is 59.1 Å². The van der Waals surface area contributed by atoms with Crippen molar-refractivity contribution in [3.8, 4) is 0 Å². The Bertz CT molecular complexity index is 213. The highest BCUT2D eigenvalue weighted by molar-refractivity contribution is 4.83. The number of hydrogen-bond acceptors (Lipinski definition) is 3. The maximum Gasteiger partial charge on any atom is 0.0599 e. The average molecular weight is 256 g/mol. The zero-order chi connectivity index (χ0) is 13.5. The first-order valence-corrected chi connectivity index (χ1v) is 7.64. The van der Waals surface area contributed by atoms with Gasteiger partial charge in [-0.15, -0.1) is 0 Å². The Morgan fingerprint density at radius 1 is 1.22 bits per heavy atom. The van der Waals surface area contributed by atoms with E-state index in [1.807, 2.05) is 0 Å². The van der Waals surface area contributed by atoms with E-state index in [9.17, 15) is 0 Å². The summed E-state index contributed by atoms with van der Waals surface area (Å²) in [4.78, 5) is 2.59. The molecule has 2 unspecified atom stereocenters. The van der Waals surface area contributed by atoms with Gasteiger partial charge in [-0.05, 0) is 38.0 Å². The lowest BCUT2D eigenvalue weighted by Crippen LogP contribution is -2.49. The van der Waals surface area contributed by atoms with Gasteiger partial charge in [0.05, 0.1) is 6.10 Å². The normalized spacial score (nSPS) is 22.3. The van der Waals surface area contributed by atoms with Crippen LogP contribution in [0.4, 0.5) is 0 Å². The molecule has 18 heavy (non-hydrogen) atoms. The van der Waals surface area contributed by atoms with Crippen LogP contribution in [0, 0.1) is 11.8 Å². The third kappa shape index (κ3) is 4.87. The van der Waals surface area contributed by atoms with Crippen LogP contribution in [-0.4, -0.2) is 43.3 Å². The van der Waals surface area contributed by atoms with Crippen LogP contribution in [0.1, 0.15) is 47.0 Å². The highest BCUT2D eigenvalue weighted by Gasteiger charge is 2.28. The second-order valence-corrected chi connectivity index (χ2v) is 6.10. The van der Waals surface area contributed by atoms with Gasteiger partial charge in [-0.25, -0.2) is 0 Å². The lowest BCUT2D eigenvalue weighted by Gasteiger charge is -2.40. The van der Waals surface area contributed by atoms with Crippen LogP contribution < -0.4 is 5.73 Å². The van der Waals surface area contributed by atoms with Gasteiger partial charge in [-0.3, -0.25) is 4.90 Å². The van der Waals surface area contributed by atoms with E-state index in [0.717, 1.165) is 32.2 Å². The summed E-state index contributed by atoms with van der Waals surface area (Å²) < 4.78 is 5.71. The fourth-order valence-corrected chi connectivity index (χ4v) is 3.25. The highest BCUT2D eigenvalue weighted by atomic mass is 16.5. The Kier molecular flexibility index (Phi) is 7.20. The molecule has 3 heteroatoms. The topological polar surface area (TPSA) is 38.5 Å². The molecule has 0 bridgehead atoms. The Hall–Kier alpha value is -0.120. The minimum Gasteiger partial charge on any atom is -0.378 e. The van der Waals surface area contributed by atoms with E-state index in [0.29, 0.717) is 18.1 Å².